The van der Waals surface area contributed by atoms with Crippen molar-refractivity contribution in [2.75, 3.05) is 19.8 Å². The van der Waals surface area contributed by atoms with Crippen molar-refractivity contribution >= 4 is 34.7 Å². The van der Waals surface area contributed by atoms with Crippen molar-refractivity contribution in [1.82, 2.24) is 4.90 Å². The van der Waals surface area contributed by atoms with Crippen molar-refractivity contribution < 1.29 is 48.0 Å². The molecule has 0 heterocycles. The summed E-state index contributed by atoms with van der Waals surface area (Å²) in [4.78, 5) is 39.9. The monoisotopic (exact) mass is 509 g/mol. The van der Waals surface area contributed by atoms with Gasteiger partial charge in [0, 0.05) is 17.1 Å². The van der Waals surface area contributed by atoms with Crippen LogP contribution in [0.3, 0.4) is 0 Å². The van der Waals surface area contributed by atoms with Crippen LogP contribution in [-0.2, 0) is 20.8 Å². The fourth-order valence-electron chi connectivity index (χ4n) is 5.63. The number of primary amides is 1. The van der Waals surface area contributed by atoms with Crippen LogP contribution in [0.1, 0.15) is 23.1 Å². The lowest BCUT2D eigenvalue weighted by Gasteiger charge is -2.50. The zero-order valence-corrected chi connectivity index (χ0v) is 19.0. The number of likely N-dealkylation sites (N-methyl/N-ethyl adjacent to an activating group) is 1. The van der Waals surface area contributed by atoms with Crippen LogP contribution in [0.2, 0.25) is 0 Å². The smallest absolute Gasteiger partial charge is 0.306 e. The van der Waals surface area contributed by atoms with Gasteiger partial charge in [-0.2, -0.15) is 8.78 Å². The van der Waals surface area contributed by atoms with E-state index in [0.29, 0.717) is 0 Å². The molecule has 1 fully saturated rings. The number of carbonyl (C=O) groups is 3. The lowest BCUT2D eigenvalue weighted by molar-refractivity contribution is -0.153. The number of phenolic OH excluding ortho intramolecular Hbond substituents is 1. The number of benzene rings is 1. The molecular weight excluding hydrogens is 487 g/mol. The van der Waals surface area contributed by atoms with Crippen molar-refractivity contribution in [3.8, 4) is 5.75 Å². The number of nitrogen functional groups attached to an aromatic ring is 1. The molecule has 3 aliphatic rings. The van der Waals surface area contributed by atoms with Crippen LogP contribution in [0.15, 0.2) is 29.1 Å². The summed E-state index contributed by atoms with van der Waals surface area (Å²) in [5.41, 5.74) is 4.38. The number of aliphatic hydroxyl groups is 3. The van der Waals surface area contributed by atoms with Gasteiger partial charge in [-0.3, -0.25) is 19.3 Å². The normalized spacial score (nSPS) is 27.6. The minimum absolute atomic E-state index is 0.266. The molecule has 8 N–H and O–H groups in total. The Balaban J connectivity index is 2.03. The second kappa shape index (κ2) is 8.10. The summed E-state index contributed by atoms with van der Waals surface area (Å²) in [7, 11) is 2.85. The van der Waals surface area contributed by atoms with Crippen molar-refractivity contribution in [3.05, 3.63) is 45.7 Å². The van der Waals surface area contributed by atoms with Crippen molar-refractivity contribution in [2.45, 2.75) is 24.5 Å². The van der Waals surface area contributed by atoms with E-state index in [1.54, 1.807) is 0 Å². The number of hydrogen-bond acceptors (Lipinski definition) is 9. The molecule has 0 aromatic heterocycles. The second-order valence-electron chi connectivity index (χ2n) is 9.25. The molecule has 192 valence electrons. The maximum Gasteiger partial charge on any atom is 0.306 e. The number of rotatable bonds is 3. The van der Waals surface area contributed by atoms with E-state index in [1.165, 1.54) is 19.0 Å². The van der Waals surface area contributed by atoms with Crippen molar-refractivity contribution in [1.29, 1.82) is 0 Å². The maximum absolute atomic E-state index is 14.4. The summed E-state index contributed by atoms with van der Waals surface area (Å²) >= 11 is 0. The first-order valence-corrected chi connectivity index (χ1v) is 10.7. The molecule has 0 saturated heterocycles. The number of Topliss-reactive ketones (excluding diaryl/α,β-unsaturated/α-hetero) is 2. The molecule has 36 heavy (non-hydrogen) atoms. The molecule has 1 amide bonds. The summed E-state index contributed by atoms with van der Waals surface area (Å²) in [6.07, 6.45) is -3.32. The van der Waals surface area contributed by atoms with Crippen molar-refractivity contribution in [2.24, 2.45) is 17.6 Å². The minimum Gasteiger partial charge on any atom is -0.508 e. The summed E-state index contributed by atoms with van der Waals surface area (Å²) in [5, 5.41) is 43.7. The van der Waals surface area contributed by atoms with Gasteiger partial charge in [0.05, 0.1) is 17.3 Å². The Labute approximate surface area is 201 Å². The highest BCUT2D eigenvalue weighted by Gasteiger charge is 2.64. The van der Waals surface area contributed by atoms with Crippen LogP contribution < -0.4 is 11.5 Å². The van der Waals surface area contributed by atoms with E-state index in [-0.39, 0.29) is 18.4 Å². The number of hydrogen-bond donors (Lipinski definition) is 6. The highest BCUT2D eigenvalue weighted by atomic mass is 19.3. The molecule has 3 aliphatic carbocycles. The second-order valence-corrected chi connectivity index (χ2v) is 9.25. The molecule has 0 spiro atoms. The molecule has 4 rings (SSSR count). The third-order valence-corrected chi connectivity index (χ3v) is 7.15. The Morgan fingerprint density at radius 3 is 2.31 bits per heavy atom. The number of nitrogens with two attached hydrogens (primary N) is 2. The molecule has 0 unspecified atom stereocenters. The van der Waals surface area contributed by atoms with Crippen LogP contribution in [-0.4, -0.2) is 68.5 Å². The van der Waals surface area contributed by atoms with Gasteiger partial charge in [-0.25, -0.2) is 4.39 Å². The number of ketones is 2. The average molecular weight is 509 g/mol. The topological polar surface area (TPSA) is 187 Å². The van der Waals surface area contributed by atoms with Gasteiger partial charge in [0.1, 0.15) is 22.8 Å². The fourth-order valence-corrected chi connectivity index (χ4v) is 5.63. The SMILES string of the molecule is CN(C)[C@@H]1C(=O)C(C(N)=O)=C(O)[C@@]2(O)C(=O)C3=C(O)c4c(O)c(N)cc(C(F)=C(F)F)c4C[C@H]3C[C@@H]12. The number of halogens is 3. The summed E-state index contributed by atoms with van der Waals surface area (Å²) in [6, 6.07) is -0.552. The Morgan fingerprint density at radius 1 is 1.17 bits per heavy atom. The largest absolute Gasteiger partial charge is 0.508 e. The molecule has 1 aromatic carbocycles. The highest BCUT2D eigenvalue weighted by Crippen LogP contribution is 2.54. The van der Waals surface area contributed by atoms with Crippen LogP contribution in [0.4, 0.5) is 18.9 Å². The van der Waals surface area contributed by atoms with Gasteiger partial charge in [-0.15, -0.1) is 0 Å². The van der Waals surface area contributed by atoms with E-state index >= 15 is 0 Å². The van der Waals surface area contributed by atoms with Gasteiger partial charge in [0.2, 0.25) is 5.78 Å². The first kappa shape index (κ1) is 25.3. The first-order chi connectivity index (χ1) is 16.7. The average Bonchev–Trinajstić information content (AvgIpc) is 2.77. The van der Waals surface area contributed by atoms with Gasteiger partial charge < -0.3 is 31.9 Å². The zero-order chi connectivity index (χ0) is 27.0. The standard InChI is InChI=1S/C23H22F3N3O7/c1-29(2)15-9-4-6-3-7-8(14(24)21(25)26)5-10(27)16(30)12(7)17(31)11(6)19(33)23(9,36)20(34)13(18(15)32)22(28)35/h5-6,9,15,30-31,34,36H,3-4,27H2,1-2H3,(H2,28,35)/t6-,9-,15-,23-/m0/s1. The Morgan fingerprint density at radius 2 is 1.78 bits per heavy atom. The maximum atomic E-state index is 14.4. The first-order valence-electron chi connectivity index (χ1n) is 10.7. The molecule has 13 heteroatoms. The third-order valence-electron chi connectivity index (χ3n) is 7.15. The van der Waals surface area contributed by atoms with E-state index in [2.05, 4.69) is 0 Å². The van der Waals surface area contributed by atoms with Gasteiger partial charge >= 0.3 is 6.08 Å². The van der Waals surface area contributed by atoms with Crippen LogP contribution in [0, 0.1) is 11.8 Å². The summed E-state index contributed by atoms with van der Waals surface area (Å²) in [5.74, 6) is -11.0. The van der Waals surface area contributed by atoms with Gasteiger partial charge in [0.15, 0.2) is 17.2 Å². The number of amides is 1. The lowest BCUT2D eigenvalue weighted by atomic mass is 9.57. The number of aliphatic hydroxyl groups excluding tert-OH is 2. The molecule has 0 bridgehead atoms. The Kier molecular flexibility index (Phi) is 5.68. The highest BCUT2D eigenvalue weighted by molar-refractivity contribution is 6.24. The van der Waals surface area contributed by atoms with E-state index in [4.69, 9.17) is 11.5 Å². The number of aromatic hydroxyl groups is 1. The number of anilines is 1. The molecule has 4 atom stereocenters. The van der Waals surface area contributed by atoms with E-state index in [1.807, 2.05) is 0 Å². The van der Waals surface area contributed by atoms with E-state index in [9.17, 15) is 48.0 Å². The quantitative estimate of drug-likeness (QED) is 0.197. The number of phenols is 1. The molecule has 10 nitrogen and oxygen atoms in total. The fraction of sp³-hybridized carbons (Fsp3) is 0.348. The minimum atomic E-state index is -2.86. The van der Waals surface area contributed by atoms with Gasteiger partial charge in [-0.1, -0.05) is 0 Å². The number of carbonyl (C=O) groups excluding carboxylic acids is 3. The molecular formula is C23H22F3N3O7. The Hall–Kier alpha value is -3.84. The third kappa shape index (κ3) is 3.15. The molecule has 0 radical (unpaired) electrons. The van der Waals surface area contributed by atoms with Gasteiger partial charge in [-0.05, 0) is 44.5 Å². The molecule has 0 aliphatic heterocycles. The lowest BCUT2D eigenvalue weighted by Crippen LogP contribution is -2.65. The van der Waals surface area contributed by atoms with E-state index in [0.717, 1.165) is 6.07 Å². The number of fused-ring (bicyclic) bond motifs is 3. The predicted octanol–water partition coefficient (Wildman–Crippen LogP) is 1.08. The summed E-state index contributed by atoms with van der Waals surface area (Å²) in [6.45, 7) is 0. The molecule has 1 aromatic rings. The van der Waals surface area contributed by atoms with Crippen LogP contribution >= 0.6 is 0 Å². The van der Waals surface area contributed by atoms with Crippen LogP contribution in [0.5, 0.6) is 5.75 Å². The number of nitrogens with zero attached hydrogens (tertiary/aromatic N) is 1. The summed E-state index contributed by atoms with van der Waals surface area (Å²) < 4.78 is 40.6. The van der Waals surface area contributed by atoms with Crippen molar-refractivity contribution in [3.63, 3.8) is 0 Å². The van der Waals surface area contributed by atoms with Gasteiger partial charge in [0.25, 0.3) is 5.91 Å². The Bertz CT molecular complexity index is 1350. The van der Waals surface area contributed by atoms with E-state index < -0.39 is 98.1 Å². The van der Waals surface area contributed by atoms with Crippen LogP contribution in [0.25, 0.3) is 11.6 Å². The zero-order valence-electron chi connectivity index (χ0n) is 19.0. The predicted molar refractivity (Wildman–Crippen MR) is 119 cm³/mol. The molecule has 1 saturated carbocycles.